The number of nitrogens with zero attached hydrogens (tertiary/aromatic N) is 4. The quantitative estimate of drug-likeness (QED) is 0.386. The Morgan fingerprint density at radius 3 is 2.68 bits per heavy atom. The third-order valence-corrected chi connectivity index (χ3v) is 5.44. The molecule has 0 aliphatic rings. The summed E-state index contributed by atoms with van der Waals surface area (Å²) in [6.07, 6.45) is 0. The molecule has 0 fully saturated rings. The molecule has 2 aromatic heterocycles. The van der Waals surface area contributed by atoms with Crippen molar-refractivity contribution in [1.82, 2.24) is 25.2 Å². The van der Waals surface area contributed by atoms with E-state index in [0.29, 0.717) is 27.7 Å². The number of ketones is 1. The monoisotopic (exact) mass is 399 g/mol. The standard InChI is InChI=1S/C19H21N5O3S/c1-10-7-6-8-14(9-10)24-19(21-22-23-24)28-13(4)17(25)16-11(2)15(12(3)20-16)18(26)27-5/h6-9,13,20H,1-5H3. The molecule has 3 aromatic rings. The lowest BCUT2D eigenvalue weighted by Gasteiger charge is -2.10. The van der Waals surface area contributed by atoms with Crippen molar-refractivity contribution in [2.75, 3.05) is 7.11 Å². The van der Waals surface area contributed by atoms with Crippen LogP contribution in [0, 0.1) is 20.8 Å². The summed E-state index contributed by atoms with van der Waals surface area (Å²) < 4.78 is 6.41. The van der Waals surface area contributed by atoms with E-state index in [4.69, 9.17) is 4.74 Å². The minimum Gasteiger partial charge on any atom is -0.465 e. The Labute approximate surface area is 166 Å². The molecule has 9 heteroatoms. The number of carbonyl (C=O) groups is 2. The molecule has 2 heterocycles. The zero-order chi connectivity index (χ0) is 20.4. The number of thioether (sulfide) groups is 1. The van der Waals surface area contributed by atoms with E-state index in [1.54, 1.807) is 25.5 Å². The van der Waals surface area contributed by atoms with Crippen molar-refractivity contribution in [2.24, 2.45) is 0 Å². The van der Waals surface area contributed by atoms with Crippen molar-refractivity contribution in [2.45, 2.75) is 38.1 Å². The van der Waals surface area contributed by atoms with Crippen LogP contribution >= 0.6 is 11.8 Å². The Hall–Kier alpha value is -2.94. The smallest absolute Gasteiger partial charge is 0.339 e. The largest absolute Gasteiger partial charge is 0.465 e. The number of esters is 1. The summed E-state index contributed by atoms with van der Waals surface area (Å²) in [6, 6.07) is 7.78. The summed E-state index contributed by atoms with van der Waals surface area (Å²) in [4.78, 5) is 28.0. The summed E-state index contributed by atoms with van der Waals surface area (Å²) in [5.41, 5.74) is 3.89. The Bertz CT molecular complexity index is 1040. The zero-order valence-corrected chi connectivity index (χ0v) is 17.1. The van der Waals surface area contributed by atoms with E-state index in [-0.39, 0.29) is 5.78 Å². The second kappa shape index (κ2) is 7.97. The van der Waals surface area contributed by atoms with Gasteiger partial charge in [0.15, 0.2) is 5.78 Å². The Morgan fingerprint density at radius 1 is 1.25 bits per heavy atom. The van der Waals surface area contributed by atoms with Crippen molar-refractivity contribution in [3.8, 4) is 5.69 Å². The molecule has 1 atom stereocenters. The average Bonchev–Trinajstić information content (AvgIpc) is 3.24. The molecule has 0 saturated carbocycles. The summed E-state index contributed by atoms with van der Waals surface area (Å²) in [7, 11) is 1.32. The average molecular weight is 399 g/mol. The van der Waals surface area contributed by atoms with Gasteiger partial charge in [-0.05, 0) is 61.4 Å². The van der Waals surface area contributed by atoms with Crippen LogP contribution < -0.4 is 0 Å². The number of nitrogens with one attached hydrogen (secondary N) is 1. The molecule has 146 valence electrons. The lowest BCUT2D eigenvalue weighted by molar-refractivity contribution is 0.0599. The highest BCUT2D eigenvalue weighted by Gasteiger charge is 2.27. The molecule has 0 amide bonds. The second-order valence-electron chi connectivity index (χ2n) is 6.45. The highest BCUT2D eigenvalue weighted by Crippen LogP contribution is 2.28. The van der Waals surface area contributed by atoms with Crippen LogP contribution in [0.1, 0.15) is 44.6 Å². The molecule has 0 saturated heterocycles. The van der Waals surface area contributed by atoms with Crippen molar-refractivity contribution in [1.29, 1.82) is 0 Å². The fourth-order valence-corrected chi connectivity index (χ4v) is 3.86. The van der Waals surface area contributed by atoms with E-state index in [1.807, 2.05) is 31.2 Å². The molecule has 8 nitrogen and oxygen atoms in total. The zero-order valence-electron chi connectivity index (χ0n) is 16.3. The molecule has 1 aromatic carbocycles. The normalized spacial score (nSPS) is 12.0. The number of carbonyl (C=O) groups excluding carboxylic acids is 2. The summed E-state index contributed by atoms with van der Waals surface area (Å²) in [5.74, 6) is -0.603. The number of aromatic amines is 1. The van der Waals surface area contributed by atoms with Gasteiger partial charge in [0.05, 0.1) is 29.3 Å². The van der Waals surface area contributed by atoms with Gasteiger partial charge in [-0.2, -0.15) is 4.68 Å². The third kappa shape index (κ3) is 3.70. The molecule has 0 aliphatic heterocycles. The van der Waals surface area contributed by atoms with Gasteiger partial charge in [-0.1, -0.05) is 23.9 Å². The topological polar surface area (TPSA) is 103 Å². The van der Waals surface area contributed by atoms with E-state index >= 15 is 0 Å². The molecule has 3 rings (SSSR count). The van der Waals surface area contributed by atoms with Crippen LogP contribution in [0.15, 0.2) is 29.4 Å². The number of aryl methyl sites for hydroxylation is 2. The molecule has 0 aliphatic carbocycles. The van der Waals surface area contributed by atoms with Crippen molar-refractivity contribution in [3.63, 3.8) is 0 Å². The van der Waals surface area contributed by atoms with Gasteiger partial charge in [0, 0.05) is 5.69 Å². The first-order chi connectivity index (χ1) is 13.3. The van der Waals surface area contributed by atoms with Crippen LogP contribution in [0.25, 0.3) is 5.69 Å². The number of ether oxygens (including phenoxy) is 1. The van der Waals surface area contributed by atoms with Gasteiger partial charge in [0.2, 0.25) is 5.16 Å². The fraction of sp³-hybridized carbons (Fsp3) is 0.316. The minimum atomic E-state index is -0.464. The Balaban J connectivity index is 1.85. The first-order valence-corrected chi connectivity index (χ1v) is 9.55. The summed E-state index contributed by atoms with van der Waals surface area (Å²) in [5, 5.41) is 11.9. The lowest BCUT2D eigenvalue weighted by Crippen LogP contribution is -2.16. The molecule has 1 unspecified atom stereocenters. The number of rotatable bonds is 6. The first-order valence-electron chi connectivity index (χ1n) is 8.67. The number of aromatic nitrogens is 5. The van der Waals surface area contributed by atoms with Crippen LogP contribution in [-0.2, 0) is 4.74 Å². The van der Waals surface area contributed by atoms with Gasteiger partial charge in [-0.3, -0.25) is 4.79 Å². The third-order valence-electron chi connectivity index (χ3n) is 4.41. The van der Waals surface area contributed by atoms with Crippen molar-refractivity contribution in [3.05, 3.63) is 52.3 Å². The first kappa shape index (κ1) is 19.8. The van der Waals surface area contributed by atoms with Gasteiger partial charge < -0.3 is 9.72 Å². The van der Waals surface area contributed by atoms with Gasteiger partial charge >= 0.3 is 5.97 Å². The van der Waals surface area contributed by atoms with Crippen LogP contribution in [0.2, 0.25) is 0 Å². The SMILES string of the molecule is COC(=O)c1c(C)[nH]c(C(=O)C(C)Sc2nnnn2-c2cccc(C)c2)c1C. The predicted octanol–water partition coefficient (Wildman–Crippen LogP) is 3.07. The van der Waals surface area contributed by atoms with E-state index in [9.17, 15) is 9.59 Å². The molecular weight excluding hydrogens is 378 g/mol. The van der Waals surface area contributed by atoms with Crippen LogP contribution in [0.4, 0.5) is 0 Å². The number of Topliss-reactive ketones (excluding diaryl/α,β-unsaturated/α-hetero) is 1. The van der Waals surface area contributed by atoms with Gasteiger partial charge in [-0.15, -0.1) is 5.10 Å². The maximum absolute atomic E-state index is 13.0. The number of methoxy groups -OCH3 is 1. The highest BCUT2D eigenvalue weighted by molar-refractivity contribution is 8.00. The number of benzene rings is 1. The maximum Gasteiger partial charge on any atom is 0.339 e. The molecule has 0 radical (unpaired) electrons. The van der Waals surface area contributed by atoms with Crippen LogP contribution in [0.5, 0.6) is 0 Å². The lowest BCUT2D eigenvalue weighted by atomic mass is 10.1. The van der Waals surface area contributed by atoms with Crippen molar-refractivity contribution < 1.29 is 14.3 Å². The number of H-pyrrole nitrogens is 1. The number of tetrazole rings is 1. The van der Waals surface area contributed by atoms with Crippen LogP contribution in [0.3, 0.4) is 0 Å². The van der Waals surface area contributed by atoms with E-state index in [0.717, 1.165) is 11.3 Å². The molecule has 0 bridgehead atoms. The van der Waals surface area contributed by atoms with Crippen molar-refractivity contribution >= 4 is 23.5 Å². The molecule has 1 N–H and O–H groups in total. The molecule has 28 heavy (non-hydrogen) atoms. The van der Waals surface area contributed by atoms with Gasteiger partial charge in [-0.25, -0.2) is 4.79 Å². The second-order valence-corrected chi connectivity index (χ2v) is 7.76. The van der Waals surface area contributed by atoms with Gasteiger partial charge in [0.25, 0.3) is 0 Å². The van der Waals surface area contributed by atoms with E-state index in [2.05, 4.69) is 20.5 Å². The van der Waals surface area contributed by atoms with E-state index < -0.39 is 11.2 Å². The minimum absolute atomic E-state index is 0.139. The number of hydrogen-bond acceptors (Lipinski definition) is 7. The summed E-state index contributed by atoms with van der Waals surface area (Å²) in [6.45, 7) is 7.25. The Morgan fingerprint density at radius 2 is 2.00 bits per heavy atom. The molecular formula is C19H21N5O3S. The summed E-state index contributed by atoms with van der Waals surface area (Å²) >= 11 is 1.26. The maximum atomic E-state index is 13.0. The van der Waals surface area contributed by atoms with Crippen LogP contribution in [-0.4, -0.2) is 49.3 Å². The predicted molar refractivity (Wildman–Crippen MR) is 105 cm³/mol. The van der Waals surface area contributed by atoms with Gasteiger partial charge in [0.1, 0.15) is 0 Å². The highest BCUT2D eigenvalue weighted by atomic mass is 32.2. The van der Waals surface area contributed by atoms with E-state index in [1.165, 1.54) is 18.9 Å². The number of hydrogen-bond donors (Lipinski definition) is 1. The fourth-order valence-electron chi connectivity index (χ4n) is 2.99. The Kier molecular flexibility index (Phi) is 5.64. The molecule has 0 spiro atoms.